The van der Waals surface area contributed by atoms with Crippen molar-refractivity contribution in [3.63, 3.8) is 0 Å². The van der Waals surface area contributed by atoms with Crippen molar-refractivity contribution in [1.29, 1.82) is 0 Å². The molecule has 0 spiro atoms. The SMILES string of the molecule is CCOC(=O)C(=O)c1ccc(C2CCC(C)(C)CC2)cc1. The summed E-state index contributed by atoms with van der Waals surface area (Å²) in [5.74, 6) is -0.761. The summed E-state index contributed by atoms with van der Waals surface area (Å²) >= 11 is 0. The van der Waals surface area contributed by atoms with Gasteiger partial charge in [0.25, 0.3) is 5.78 Å². The van der Waals surface area contributed by atoms with Crippen molar-refractivity contribution in [2.45, 2.75) is 52.4 Å². The molecule has 0 aliphatic heterocycles. The van der Waals surface area contributed by atoms with E-state index in [-0.39, 0.29) is 6.61 Å². The van der Waals surface area contributed by atoms with E-state index in [0.29, 0.717) is 16.9 Å². The molecule has 1 aromatic rings. The first-order valence-electron chi connectivity index (χ1n) is 7.74. The predicted molar refractivity (Wildman–Crippen MR) is 82.4 cm³/mol. The fraction of sp³-hybridized carbons (Fsp3) is 0.556. The second kappa shape index (κ2) is 6.42. The van der Waals surface area contributed by atoms with Crippen LogP contribution in [0.4, 0.5) is 0 Å². The number of ketones is 1. The molecule has 3 heteroatoms. The monoisotopic (exact) mass is 288 g/mol. The van der Waals surface area contributed by atoms with Gasteiger partial charge in [-0.2, -0.15) is 0 Å². The molecule has 0 amide bonds. The van der Waals surface area contributed by atoms with Crippen LogP contribution in [0.3, 0.4) is 0 Å². The summed E-state index contributed by atoms with van der Waals surface area (Å²) in [4.78, 5) is 23.3. The van der Waals surface area contributed by atoms with Gasteiger partial charge in [0.15, 0.2) is 0 Å². The van der Waals surface area contributed by atoms with Crippen LogP contribution in [0.5, 0.6) is 0 Å². The molecule has 2 rings (SSSR count). The average molecular weight is 288 g/mol. The molecule has 21 heavy (non-hydrogen) atoms. The number of carbonyl (C=O) groups is 2. The lowest BCUT2D eigenvalue weighted by atomic mass is 9.71. The summed E-state index contributed by atoms with van der Waals surface area (Å²) in [5.41, 5.74) is 2.13. The topological polar surface area (TPSA) is 43.4 Å². The Kier molecular flexibility index (Phi) is 4.81. The van der Waals surface area contributed by atoms with E-state index in [9.17, 15) is 9.59 Å². The molecule has 0 atom stereocenters. The molecule has 3 nitrogen and oxygen atoms in total. The van der Waals surface area contributed by atoms with Gasteiger partial charge in [-0.3, -0.25) is 4.79 Å². The highest BCUT2D eigenvalue weighted by Crippen LogP contribution is 2.42. The van der Waals surface area contributed by atoms with Crippen molar-refractivity contribution >= 4 is 11.8 Å². The average Bonchev–Trinajstić information content (AvgIpc) is 2.47. The molecular weight excluding hydrogens is 264 g/mol. The lowest BCUT2D eigenvalue weighted by Crippen LogP contribution is -2.20. The van der Waals surface area contributed by atoms with E-state index in [2.05, 4.69) is 13.8 Å². The van der Waals surface area contributed by atoms with Gasteiger partial charge in [-0.1, -0.05) is 38.1 Å². The Labute approximate surface area is 126 Å². The van der Waals surface area contributed by atoms with Gasteiger partial charge in [-0.25, -0.2) is 4.79 Å². The standard InChI is InChI=1S/C18H24O3/c1-4-21-17(20)16(19)15-7-5-13(6-8-15)14-9-11-18(2,3)12-10-14/h5-8,14H,4,9-12H2,1-3H3. The van der Waals surface area contributed by atoms with Crippen molar-refractivity contribution in [2.24, 2.45) is 5.41 Å². The van der Waals surface area contributed by atoms with Crippen molar-refractivity contribution < 1.29 is 14.3 Å². The molecule has 0 radical (unpaired) electrons. The third-order valence-corrected chi connectivity index (χ3v) is 4.44. The maximum absolute atomic E-state index is 11.8. The Morgan fingerprint density at radius 3 is 2.24 bits per heavy atom. The van der Waals surface area contributed by atoms with Crippen LogP contribution in [0.15, 0.2) is 24.3 Å². The Balaban J connectivity index is 2.02. The zero-order chi connectivity index (χ0) is 15.5. The van der Waals surface area contributed by atoms with Gasteiger partial charge in [0.2, 0.25) is 0 Å². The zero-order valence-corrected chi connectivity index (χ0v) is 13.1. The van der Waals surface area contributed by atoms with E-state index >= 15 is 0 Å². The summed E-state index contributed by atoms with van der Waals surface area (Å²) in [6.45, 7) is 6.56. The zero-order valence-electron chi connectivity index (χ0n) is 13.1. The summed E-state index contributed by atoms with van der Waals surface area (Å²) in [6.07, 6.45) is 4.86. The van der Waals surface area contributed by atoms with Crippen molar-refractivity contribution in [3.05, 3.63) is 35.4 Å². The van der Waals surface area contributed by atoms with E-state index in [4.69, 9.17) is 4.74 Å². The molecule has 1 saturated carbocycles. The van der Waals surface area contributed by atoms with E-state index in [1.54, 1.807) is 19.1 Å². The van der Waals surface area contributed by atoms with Crippen LogP contribution in [0.1, 0.15) is 68.3 Å². The fourth-order valence-electron chi connectivity index (χ4n) is 2.95. The summed E-state index contributed by atoms with van der Waals surface area (Å²) in [7, 11) is 0. The third-order valence-electron chi connectivity index (χ3n) is 4.44. The lowest BCUT2D eigenvalue weighted by Gasteiger charge is -2.34. The first-order chi connectivity index (χ1) is 9.93. The summed E-state index contributed by atoms with van der Waals surface area (Å²) in [6, 6.07) is 7.45. The van der Waals surface area contributed by atoms with Gasteiger partial charge < -0.3 is 4.74 Å². The maximum atomic E-state index is 11.8. The van der Waals surface area contributed by atoms with Crippen LogP contribution in [-0.2, 0) is 9.53 Å². The van der Waals surface area contributed by atoms with Crippen LogP contribution in [-0.4, -0.2) is 18.4 Å². The number of esters is 1. The molecule has 0 heterocycles. The van der Waals surface area contributed by atoms with Gasteiger partial charge >= 0.3 is 5.97 Å². The summed E-state index contributed by atoms with van der Waals surface area (Å²) in [5, 5.41) is 0. The quantitative estimate of drug-likeness (QED) is 0.475. The van der Waals surface area contributed by atoms with E-state index < -0.39 is 11.8 Å². The Morgan fingerprint density at radius 2 is 1.71 bits per heavy atom. The minimum absolute atomic E-state index is 0.223. The molecular formula is C18H24O3. The number of benzene rings is 1. The molecule has 0 bridgehead atoms. The molecule has 1 aliphatic rings. The minimum Gasteiger partial charge on any atom is -0.460 e. The number of hydrogen-bond donors (Lipinski definition) is 0. The lowest BCUT2D eigenvalue weighted by molar-refractivity contribution is -0.137. The van der Waals surface area contributed by atoms with Gasteiger partial charge in [0.1, 0.15) is 0 Å². The van der Waals surface area contributed by atoms with Crippen LogP contribution >= 0.6 is 0 Å². The summed E-state index contributed by atoms with van der Waals surface area (Å²) < 4.78 is 4.74. The van der Waals surface area contributed by atoms with Crippen LogP contribution in [0.25, 0.3) is 0 Å². The normalized spacial score (nSPS) is 18.2. The molecule has 0 saturated heterocycles. The van der Waals surface area contributed by atoms with Crippen LogP contribution in [0, 0.1) is 5.41 Å². The first kappa shape index (κ1) is 15.7. The molecule has 0 aromatic heterocycles. The first-order valence-corrected chi connectivity index (χ1v) is 7.74. The van der Waals surface area contributed by atoms with Gasteiger partial charge in [0, 0.05) is 5.56 Å². The number of ether oxygens (including phenoxy) is 1. The highest BCUT2D eigenvalue weighted by molar-refractivity contribution is 6.40. The van der Waals surface area contributed by atoms with Crippen molar-refractivity contribution in [2.75, 3.05) is 6.61 Å². The number of hydrogen-bond acceptors (Lipinski definition) is 3. The Morgan fingerprint density at radius 1 is 1.14 bits per heavy atom. The smallest absolute Gasteiger partial charge is 0.379 e. The largest absolute Gasteiger partial charge is 0.460 e. The molecule has 1 aliphatic carbocycles. The molecule has 114 valence electrons. The second-order valence-electron chi connectivity index (χ2n) is 6.61. The highest BCUT2D eigenvalue weighted by atomic mass is 16.5. The van der Waals surface area contributed by atoms with E-state index in [1.165, 1.54) is 31.2 Å². The van der Waals surface area contributed by atoms with Crippen LogP contribution < -0.4 is 0 Å². The van der Waals surface area contributed by atoms with E-state index in [0.717, 1.165) is 0 Å². The number of rotatable bonds is 4. The van der Waals surface area contributed by atoms with Gasteiger partial charge in [0.05, 0.1) is 6.61 Å². The molecule has 0 unspecified atom stereocenters. The van der Waals surface area contributed by atoms with Crippen molar-refractivity contribution in [3.8, 4) is 0 Å². The number of Topliss-reactive ketones (excluding diaryl/α,β-unsaturated/α-hetero) is 1. The van der Waals surface area contributed by atoms with Gasteiger partial charge in [-0.15, -0.1) is 0 Å². The molecule has 1 aromatic carbocycles. The Bertz CT molecular complexity index is 504. The Hall–Kier alpha value is -1.64. The highest BCUT2D eigenvalue weighted by Gasteiger charge is 2.27. The van der Waals surface area contributed by atoms with Crippen molar-refractivity contribution in [1.82, 2.24) is 0 Å². The minimum atomic E-state index is -0.773. The number of carbonyl (C=O) groups excluding carboxylic acids is 2. The second-order valence-corrected chi connectivity index (χ2v) is 6.61. The van der Waals surface area contributed by atoms with Gasteiger partial charge in [-0.05, 0) is 49.5 Å². The molecule has 1 fully saturated rings. The maximum Gasteiger partial charge on any atom is 0.379 e. The predicted octanol–water partition coefficient (Wildman–Crippen LogP) is 4.12. The fourth-order valence-corrected chi connectivity index (χ4v) is 2.95. The molecule has 0 N–H and O–H groups in total. The van der Waals surface area contributed by atoms with Crippen LogP contribution in [0.2, 0.25) is 0 Å². The third kappa shape index (κ3) is 3.93. The van der Waals surface area contributed by atoms with E-state index in [1.807, 2.05) is 12.1 Å².